The van der Waals surface area contributed by atoms with E-state index in [1.54, 1.807) is 28.9 Å². The summed E-state index contributed by atoms with van der Waals surface area (Å²) in [6, 6.07) is 26.7. The molecule has 0 atom stereocenters. The van der Waals surface area contributed by atoms with Crippen LogP contribution < -0.4 is 10.9 Å². The second-order valence-corrected chi connectivity index (χ2v) is 7.77. The number of amides is 1. The standard InChI is InChI=1S/C26H21N5O2/c1-17-9-5-6-12-19(17)22-15-23(31(30-22)16-18-10-3-2-4-11-18)27-26(33)24-20-13-7-8-14-21(20)25(32)29-28-24/h2-15H,16H2,1H3,(H,27,33)(H,29,32). The van der Waals surface area contributed by atoms with Gasteiger partial charge in [0.2, 0.25) is 0 Å². The summed E-state index contributed by atoms with van der Waals surface area (Å²) in [6.07, 6.45) is 0. The fraction of sp³-hybridized carbons (Fsp3) is 0.0769. The highest BCUT2D eigenvalue weighted by Gasteiger charge is 2.18. The zero-order chi connectivity index (χ0) is 22.8. The van der Waals surface area contributed by atoms with Gasteiger partial charge < -0.3 is 5.32 Å². The molecule has 0 saturated heterocycles. The molecule has 0 aliphatic carbocycles. The lowest BCUT2D eigenvalue weighted by atomic mass is 10.1. The van der Waals surface area contributed by atoms with Crippen molar-refractivity contribution < 1.29 is 4.79 Å². The number of aromatic amines is 1. The molecule has 0 spiro atoms. The van der Waals surface area contributed by atoms with Crippen molar-refractivity contribution >= 4 is 22.5 Å². The molecule has 0 unspecified atom stereocenters. The van der Waals surface area contributed by atoms with Crippen molar-refractivity contribution in [3.8, 4) is 11.3 Å². The van der Waals surface area contributed by atoms with Gasteiger partial charge in [0.25, 0.3) is 11.5 Å². The zero-order valence-electron chi connectivity index (χ0n) is 17.9. The van der Waals surface area contributed by atoms with Crippen LogP contribution in [0.5, 0.6) is 0 Å². The van der Waals surface area contributed by atoms with Gasteiger partial charge in [0, 0.05) is 17.0 Å². The number of hydrogen-bond acceptors (Lipinski definition) is 4. The number of carbonyl (C=O) groups is 1. The molecule has 0 bridgehead atoms. The molecular weight excluding hydrogens is 414 g/mol. The lowest BCUT2D eigenvalue weighted by molar-refractivity contribution is 0.102. The quantitative estimate of drug-likeness (QED) is 0.428. The van der Waals surface area contributed by atoms with Crippen molar-refractivity contribution in [1.29, 1.82) is 0 Å². The average molecular weight is 435 g/mol. The average Bonchev–Trinajstić information content (AvgIpc) is 3.22. The van der Waals surface area contributed by atoms with E-state index >= 15 is 0 Å². The summed E-state index contributed by atoms with van der Waals surface area (Å²) < 4.78 is 1.77. The van der Waals surface area contributed by atoms with Crippen LogP contribution in [-0.4, -0.2) is 25.9 Å². The Morgan fingerprint density at radius 2 is 1.64 bits per heavy atom. The Kier molecular flexibility index (Phi) is 5.28. The van der Waals surface area contributed by atoms with Crippen LogP contribution in [0.2, 0.25) is 0 Å². The van der Waals surface area contributed by atoms with Crippen LogP contribution in [0.25, 0.3) is 22.0 Å². The van der Waals surface area contributed by atoms with Gasteiger partial charge in [-0.1, -0.05) is 72.8 Å². The summed E-state index contributed by atoms with van der Waals surface area (Å²) >= 11 is 0. The van der Waals surface area contributed by atoms with Crippen molar-refractivity contribution in [2.75, 3.05) is 5.32 Å². The third-order valence-corrected chi connectivity index (χ3v) is 5.53. The highest BCUT2D eigenvalue weighted by molar-refractivity contribution is 6.10. The van der Waals surface area contributed by atoms with Crippen LogP contribution in [0.4, 0.5) is 5.82 Å². The van der Waals surface area contributed by atoms with E-state index in [-0.39, 0.29) is 11.3 Å². The number of anilines is 1. The number of aromatic nitrogens is 4. The number of carbonyl (C=O) groups excluding carboxylic acids is 1. The van der Waals surface area contributed by atoms with Crippen LogP contribution in [0.1, 0.15) is 21.6 Å². The largest absolute Gasteiger partial charge is 0.305 e. The Morgan fingerprint density at radius 1 is 0.939 bits per heavy atom. The van der Waals surface area contributed by atoms with E-state index in [9.17, 15) is 9.59 Å². The SMILES string of the molecule is Cc1ccccc1-c1cc(NC(=O)c2n[nH]c(=O)c3ccccc23)n(Cc2ccccc2)n1. The number of aryl methyl sites for hydroxylation is 1. The van der Waals surface area contributed by atoms with Crippen molar-refractivity contribution in [2.24, 2.45) is 0 Å². The molecular formula is C26H21N5O2. The van der Waals surface area contributed by atoms with E-state index in [4.69, 9.17) is 5.10 Å². The molecule has 5 rings (SSSR count). The van der Waals surface area contributed by atoms with E-state index < -0.39 is 5.91 Å². The second kappa shape index (κ2) is 8.55. The highest BCUT2D eigenvalue weighted by atomic mass is 16.2. The van der Waals surface area contributed by atoms with Gasteiger partial charge in [-0.05, 0) is 24.1 Å². The summed E-state index contributed by atoms with van der Waals surface area (Å²) in [5.74, 6) is 0.118. The van der Waals surface area contributed by atoms with Gasteiger partial charge in [-0.2, -0.15) is 10.2 Å². The smallest absolute Gasteiger partial charge is 0.277 e. The molecule has 0 aliphatic heterocycles. The van der Waals surface area contributed by atoms with Gasteiger partial charge in [0.05, 0.1) is 17.6 Å². The van der Waals surface area contributed by atoms with E-state index in [0.29, 0.717) is 23.1 Å². The van der Waals surface area contributed by atoms with Crippen molar-refractivity contribution in [3.05, 3.63) is 112 Å². The summed E-state index contributed by atoms with van der Waals surface area (Å²) in [5.41, 5.74) is 3.72. The Hall–Kier alpha value is -4.52. The predicted octanol–water partition coefficient (Wildman–Crippen LogP) is 4.40. The lowest BCUT2D eigenvalue weighted by Gasteiger charge is -2.10. The maximum atomic E-state index is 13.2. The first-order chi connectivity index (χ1) is 16.1. The summed E-state index contributed by atoms with van der Waals surface area (Å²) in [6.45, 7) is 2.52. The van der Waals surface area contributed by atoms with Crippen molar-refractivity contribution in [3.63, 3.8) is 0 Å². The Labute approximate surface area is 189 Å². The number of nitrogens with zero attached hydrogens (tertiary/aromatic N) is 3. The minimum absolute atomic E-state index is 0.148. The van der Waals surface area contributed by atoms with Gasteiger partial charge in [0.15, 0.2) is 5.69 Å². The van der Waals surface area contributed by atoms with Crippen LogP contribution in [-0.2, 0) is 6.54 Å². The molecule has 2 heterocycles. The molecule has 0 radical (unpaired) electrons. The molecule has 3 aromatic carbocycles. The monoisotopic (exact) mass is 435 g/mol. The molecule has 2 aromatic heterocycles. The van der Waals surface area contributed by atoms with Crippen molar-refractivity contribution in [2.45, 2.75) is 13.5 Å². The maximum absolute atomic E-state index is 13.2. The van der Waals surface area contributed by atoms with E-state index in [1.165, 1.54) is 0 Å². The molecule has 1 amide bonds. The molecule has 33 heavy (non-hydrogen) atoms. The molecule has 2 N–H and O–H groups in total. The molecule has 0 fully saturated rings. The fourth-order valence-corrected chi connectivity index (χ4v) is 3.85. The van der Waals surface area contributed by atoms with Gasteiger partial charge in [-0.15, -0.1) is 0 Å². The van der Waals surface area contributed by atoms with Crippen molar-refractivity contribution in [1.82, 2.24) is 20.0 Å². The molecule has 5 aromatic rings. The summed E-state index contributed by atoms with van der Waals surface area (Å²) in [4.78, 5) is 25.3. The molecule has 0 aliphatic rings. The highest BCUT2D eigenvalue weighted by Crippen LogP contribution is 2.26. The van der Waals surface area contributed by atoms with E-state index in [0.717, 1.165) is 22.4 Å². The zero-order valence-corrected chi connectivity index (χ0v) is 17.9. The van der Waals surface area contributed by atoms with Gasteiger partial charge in [-0.25, -0.2) is 9.78 Å². The Morgan fingerprint density at radius 3 is 2.42 bits per heavy atom. The molecule has 0 saturated carbocycles. The van der Waals surface area contributed by atoms with Crippen LogP contribution in [0, 0.1) is 6.92 Å². The van der Waals surface area contributed by atoms with E-state index in [2.05, 4.69) is 15.5 Å². The molecule has 162 valence electrons. The first-order valence-electron chi connectivity index (χ1n) is 10.6. The number of rotatable bonds is 5. The number of benzene rings is 3. The minimum Gasteiger partial charge on any atom is -0.305 e. The number of nitrogens with one attached hydrogen (secondary N) is 2. The first-order valence-corrected chi connectivity index (χ1v) is 10.6. The minimum atomic E-state index is -0.423. The lowest BCUT2D eigenvalue weighted by Crippen LogP contribution is -2.21. The van der Waals surface area contributed by atoms with Gasteiger partial charge in [0.1, 0.15) is 5.82 Å². The Balaban J connectivity index is 1.55. The summed E-state index contributed by atoms with van der Waals surface area (Å²) in [5, 5.41) is 15.1. The summed E-state index contributed by atoms with van der Waals surface area (Å²) in [7, 11) is 0. The second-order valence-electron chi connectivity index (χ2n) is 7.77. The topological polar surface area (TPSA) is 92.7 Å². The Bertz CT molecular complexity index is 1520. The molecule has 7 nitrogen and oxygen atoms in total. The number of hydrogen-bond donors (Lipinski definition) is 2. The predicted molar refractivity (Wildman–Crippen MR) is 128 cm³/mol. The molecule has 7 heteroatoms. The van der Waals surface area contributed by atoms with E-state index in [1.807, 2.05) is 67.6 Å². The third kappa shape index (κ3) is 4.04. The van der Waals surface area contributed by atoms with Crippen LogP contribution >= 0.6 is 0 Å². The van der Waals surface area contributed by atoms with Crippen LogP contribution in [0.15, 0.2) is 89.7 Å². The van der Waals surface area contributed by atoms with Gasteiger partial charge >= 0.3 is 0 Å². The van der Waals surface area contributed by atoms with Gasteiger partial charge in [-0.3, -0.25) is 9.59 Å². The third-order valence-electron chi connectivity index (χ3n) is 5.53. The normalized spacial score (nSPS) is 10.9. The first kappa shape index (κ1) is 20.4. The number of H-pyrrole nitrogens is 1. The van der Waals surface area contributed by atoms with Crippen LogP contribution in [0.3, 0.4) is 0 Å². The fourth-order valence-electron chi connectivity index (χ4n) is 3.85. The number of fused-ring (bicyclic) bond motifs is 1. The maximum Gasteiger partial charge on any atom is 0.277 e.